The molecule has 20 heavy (non-hydrogen) atoms. The van der Waals surface area contributed by atoms with Gasteiger partial charge < -0.3 is 24.3 Å². The quantitative estimate of drug-likeness (QED) is 0.732. The molecule has 0 bridgehead atoms. The van der Waals surface area contributed by atoms with Gasteiger partial charge in [0.05, 0.1) is 25.4 Å². The van der Waals surface area contributed by atoms with Crippen molar-refractivity contribution in [2.24, 2.45) is 5.92 Å². The van der Waals surface area contributed by atoms with E-state index in [9.17, 15) is 4.79 Å². The van der Waals surface area contributed by atoms with Crippen LogP contribution in [0.2, 0.25) is 0 Å². The summed E-state index contributed by atoms with van der Waals surface area (Å²) in [6.45, 7) is 2.63. The Morgan fingerprint density at radius 1 is 1.25 bits per heavy atom. The van der Waals surface area contributed by atoms with Crippen molar-refractivity contribution in [3.05, 3.63) is 0 Å². The van der Waals surface area contributed by atoms with E-state index in [1.54, 1.807) is 14.2 Å². The Morgan fingerprint density at radius 2 is 2.05 bits per heavy atom. The highest BCUT2D eigenvalue weighted by Gasteiger charge is 2.34. The fourth-order valence-corrected chi connectivity index (χ4v) is 2.91. The molecule has 0 radical (unpaired) electrons. The third kappa shape index (κ3) is 3.91. The summed E-state index contributed by atoms with van der Waals surface area (Å²) in [6.07, 6.45) is 2.29. The molecule has 4 atom stereocenters. The van der Waals surface area contributed by atoms with Gasteiger partial charge in [0.25, 0.3) is 5.91 Å². The molecule has 0 unspecified atom stereocenters. The van der Waals surface area contributed by atoms with Crippen molar-refractivity contribution in [2.75, 3.05) is 40.6 Å². The third-order valence-corrected chi connectivity index (χ3v) is 4.09. The first-order chi connectivity index (χ1) is 9.76. The lowest BCUT2D eigenvalue weighted by Crippen LogP contribution is -2.41. The summed E-state index contributed by atoms with van der Waals surface area (Å²) in [5.74, 6) is 0.384. The highest BCUT2D eigenvalue weighted by atomic mass is 16.6. The zero-order valence-corrected chi connectivity index (χ0v) is 12.3. The molecule has 0 aromatic heterocycles. The monoisotopic (exact) mass is 287 g/mol. The molecule has 2 saturated heterocycles. The molecule has 1 N–H and O–H groups in total. The number of carbonyl (C=O) groups is 1. The van der Waals surface area contributed by atoms with Crippen LogP contribution in [0.1, 0.15) is 19.3 Å². The molecule has 2 fully saturated rings. The number of hydrogen-bond donors (Lipinski definition) is 1. The first-order valence-corrected chi connectivity index (χ1v) is 7.29. The lowest BCUT2D eigenvalue weighted by atomic mass is 9.98. The lowest BCUT2D eigenvalue weighted by Gasteiger charge is -2.19. The third-order valence-electron chi connectivity index (χ3n) is 4.09. The Balaban J connectivity index is 1.68. The van der Waals surface area contributed by atoms with Gasteiger partial charge in [0, 0.05) is 33.8 Å². The van der Waals surface area contributed by atoms with Gasteiger partial charge in [0.1, 0.15) is 0 Å². The lowest BCUT2D eigenvalue weighted by molar-refractivity contribution is -0.134. The van der Waals surface area contributed by atoms with E-state index in [-0.39, 0.29) is 18.1 Å². The van der Waals surface area contributed by atoms with Gasteiger partial charge in [-0.25, -0.2) is 0 Å². The highest BCUT2D eigenvalue weighted by molar-refractivity contribution is 5.81. The zero-order chi connectivity index (χ0) is 14.4. The van der Waals surface area contributed by atoms with Crippen LogP contribution in [0.15, 0.2) is 0 Å². The Kier molecular flexibility index (Phi) is 6.22. The van der Waals surface area contributed by atoms with Crippen molar-refractivity contribution >= 4 is 5.91 Å². The average molecular weight is 287 g/mol. The Labute approximate surface area is 120 Å². The van der Waals surface area contributed by atoms with Gasteiger partial charge >= 0.3 is 0 Å². The molecular weight excluding hydrogens is 262 g/mol. The molecule has 0 aromatic rings. The second-order valence-electron chi connectivity index (χ2n) is 5.35. The van der Waals surface area contributed by atoms with Gasteiger partial charge in [0.2, 0.25) is 0 Å². The average Bonchev–Trinajstić information content (AvgIpc) is 3.08. The van der Waals surface area contributed by atoms with Crippen molar-refractivity contribution in [1.29, 1.82) is 0 Å². The van der Waals surface area contributed by atoms with Crippen molar-refractivity contribution in [3.63, 3.8) is 0 Å². The molecule has 0 spiro atoms. The Hall–Kier alpha value is -0.690. The van der Waals surface area contributed by atoms with E-state index in [0.717, 1.165) is 25.9 Å². The normalized spacial score (nSPS) is 33.5. The van der Waals surface area contributed by atoms with Gasteiger partial charge in [-0.3, -0.25) is 4.79 Å². The predicted octanol–water partition coefficient (Wildman–Crippen LogP) is 0.348. The fourth-order valence-electron chi connectivity index (χ4n) is 2.91. The smallest absolute Gasteiger partial charge is 0.251 e. The van der Waals surface area contributed by atoms with Crippen LogP contribution in [0.4, 0.5) is 0 Å². The molecule has 1 amide bonds. The topological polar surface area (TPSA) is 66.0 Å². The van der Waals surface area contributed by atoms with Crippen LogP contribution in [0.25, 0.3) is 0 Å². The number of carbonyl (C=O) groups excluding carboxylic acids is 1. The van der Waals surface area contributed by atoms with E-state index in [0.29, 0.717) is 25.7 Å². The van der Waals surface area contributed by atoms with Crippen LogP contribution in [-0.2, 0) is 23.7 Å². The number of methoxy groups -OCH3 is 2. The van der Waals surface area contributed by atoms with E-state index in [1.165, 1.54) is 0 Å². The maximum Gasteiger partial charge on any atom is 0.251 e. The van der Waals surface area contributed by atoms with E-state index >= 15 is 0 Å². The molecular formula is C14H25NO5. The summed E-state index contributed by atoms with van der Waals surface area (Å²) in [4.78, 5) is 12.0. The minimum atomic E-state index is -0.463. The molecule has 6 nitrogen and oxygen atoms in total. The van der Waals surface area contributed by atoms with Gasteiger partial charge in [0.15, 0.2) is 6.10 Å². The number of nitrogens with one attached hydrogen (secondary N) is 1. The Bertz CT molecular complexity index is 312. The maximum atomic E-state index is 12.0. The van der Waals surface area contributed by atoms with E-state index < -0.39 is 6.10 Å². The van der Waals surface area contributed by atoms with Crippen LogP contribution in [0.3, 0.4) is 0 Å². The van der Waals surface area contributed by atoms with E-state index in [1.807, 2.05) is 0 Å². The van der Waals surface area contributed by atoms with Crippen LogP contribution < -0.4 is 5.32 Å². The molecule has 116 valence electrons. The van der Waals surface area contributed by atoms with Gasteiger partial charge in [-0.2, -0.15) is 0 Å². The minimum absolute atomic E-state index is 0.0726. The molecule has 2 heterocycles. The van der Waals surface area contributed by atoms with E-state index in [2.05, 4.69) is 5.32 Å². The van der Waals surface area contributed by atoms with Crippen LogP contribution in [0, 0.1) is 5.92 Å². The number of hydrogen-bond acceptors (Lipinski definition) is 5. The largest absolute Gasteiger partial charge is 0.382 e. The van der Waals surface area contributed by atoms with Gasteiger partial charge in [-0.15, -0.1) is 0 Å². The second-order valence-corrected chi connectivity index (χ2v) is 5.35. The van der Waals surface area contributed by atoms with E-state index in [4.69, 9.17) is 18.9 Å². The van der Waals surface area contributed by atoms with Crippen molar-refractivity contribution in [2.45, 2.75) is 37.6 Å². The van der Waals surface area contributed by atoms with Crippen molar-refractivity contribution in [3.8, 4) is 0 Å². The molecule has 6 heteroatoms. The molecule has 0 aromatic carbocycles. The second kappa shape index (κ2) is 7.93. The Morgan fingerprint density at radius 3 is 2.80 bits per heavy atom. The number of rotatable bonds is 7. The zero-order valence-electron chi connectivity index (χ0n) is 12.3. The van der Waals surface area contributed by atoms with Crippen molar-refractivity contribution in [1.82, 2.24) is 5.32 Å². The minimum Gasteiger partial charge on any atom is -0.382 e. The molecule has 2 aliphatic rings. The maximum absolute atomic E-state index is 12.0. The van der Waals surface area contributed by atoms with Crippen LogP contribution in [0.5, 0.6) is 0 Å². The number of ether oxygens (including phenoxy) is 4. The summed E-state index contributed by atoms with van der Waals surface area (Å²) in [7, 11) is 3.30. The van der Waals surface area contributed by atoms with Gasteiger partial charge in [-0.1, -0.05) is 0 Å². The first-order valence-electron chi connectivity index (χ1n) is 7.29. The SMILES string of the molecule is COC[C@H]1OCC[C@H]1CCNC(=O)[C@H]1OCC[C@H]1OC. The van der Waals surface area contributed by atoms with Gasteiger partial charge in [-0.05, 0) is 18.8 Å². The summed E-state index contributed by atoms with van der Waals surface area (Å²) in [5, 5.41) is 2.94. The summed E-state index contributed by atoms with van der Waals surface area (Å²) in [6, 6.07) is 0. The van der Waals surface area contributed by atoms with Crippen LogP contribution in [-0.4, -0.2) is 64.8 Å². The standard InChI is InChI=1S/C14H25NO5/c1-17-9-12-10(4-7-19-12)3-6-15-14(16)13-11(18-2)5-8-20-13/h10-13H,3-9H2,1-2H3,(H,15,16)/t10-,11-,12-,13+/m1/s1. The predicted molar refractivity (Wildman–Crippen MR) is 72.5 cm³/mol. The molecule has 2 rings (SSSR count). The van der Waals surface area contributed by atoms with Crippen LogP contribution >= 0.6 is 0 Å². The van der Waals surface area contributed by atoms with Crippen molar-refractivity contribution < 1.29 is 23.7 Å². The number of amides is 1. The highest BCUT2D eigenvalue weighted by Crippen LogP contribution is 2.24. The summed E-state index contributed by atoms with van der Waals surface area (Å²) >= 11 is 0. The molecule has 2 aliphatic heterocycles. The molecule has 0 saturated carbocycles. The summed E-state index contributed by atoms with van der Waals surface area (Å²) in [5.41, 5.74) is 0. The fraction of sp³-hybridized carbons (Fsp3) is 0.929. The summed E-state index contributed by atoms with van der Waals surface area (Å²) < 4.78 is 21.4. The first kappa shape index (κ1) is 15.7. The molecule has 0 aliphatic carbocycles.